The zero-order chi connectivity index (χ0) is 9.80. The Hall–Kier alpha value is -1.48. The molecule has 0 bridgehead atoms. The lowest BCUT2D eigenvalue weighted by molar-refractivity contribution is 0.263. The van der Waals surface area contributed by atoms with Gasteiger partial charge in [-0.15, -0.1) is 0 Å². The predicted molar refractivity (Wildman–Crippen MR) is 52.3 cm³/mol. The molecular weight excluding hydrogens is 202 g/mol. The molecule has 0 spiro atoms. The van der Waals surface area contributed by atoms with Crippen LogP contribution in [0.1, 0.15) is 5.89 Å². The van der Waals surface area contributed by atoms with Crippen LogP contribution in [0, 0.1) is 0 Å². The average molecular weight is 210 g/mol. The molecule has 0 radical (unpaired) electrons. The van der Waals surface area contributed by atoms with E-state index in [0.29, 0.717) is 17.5 Å². The first-order valence-electron chi connectivity index (χ1n) is 4.11. The second-order valence-electron chi connectivity index (χ2n) is 2.67. The Morgan fingerprint density at radius 1 is 1.29 bits per heavy atom. The van der Waals surface area contributed by atoms with E-state index in [-0.39, 0.29) is 0 Å². The molecule has 0 unspecified atom stereocenters. The normalized spacial score (nSPS) is 10.1. The highest BCUT2D eigenvalue weighted by Crippen LogP contribution is 2.16. The quantitative estimate of drug-likeness (QED) is 0.780. The third kappa shape index (κ3) is 2.26. The summed E-state index contributed by atoms with van der Waals surface area (Å²) >= 11 is 5.72. The van der Waals surface area contributed by atoms with Crippen LogP contribution in [0.15, 0.2) is 41.1 Å². The second kappa shape index (κ2) is 4.15. The topological polar surface area (TPSA) is 35.3 Å². The van der Waals surface area contributed by atoms with Gasteiger partial charge in [0.15, 0.2) is 6.61 Å². The summed E-state index contributed by atoms with van der Waals surface area (Å²) < 4.78 is 10.4. The first-order valence-corrected chi connectivity index (χ1v) is 4.49. The highest BCUT2D eigenvalue weighted by Gasteiger charge is 1.98. The van der Waals surface area contributed by atoms with E-state index < -0.39 is 0 Å². The Labute approximate surface area is 86.3 Å². The maximum atomic E-state index is 5.72. The van der Waals surface area contributed by atoms with Crippen LogP contribution in [-0.2, 0) is 6.61 Å². The van der Waals surface area contributed by atoms with Crippen molar-refractivity contribution < 1.29 is 9.15 Å². The molecule has 2 rings (SSSR count). The van der Waals surface area contributed by atoms with Crippen molar-refractivity contribution in [1.29, 1.82) is 0 Å². The zero-order valence-electron chi connectivity index (χ0n) is 7.31. The minimum atomic E-state index is 0.328. The maximum absolute atomic E-state index is 5.72. The monoisotopic (exact) mass is 209 g/mol. The van der Waals surface area contributed by atoms with E-state index in [9.17, 15) is 0 Å². The molecule has 0 aliphatic heterocycles. The van der Waals surface area contributed by atoms with E-state index in [1.807, 2.05) is 0 Å². The number of rotatable bonds is 3. The Bertz CT molecular complexity index is 383. The molecule has 0 fully saturated rings. The summed E-state index contributed by atoms with van der Waals surface area (Å²) in [4.78, 5) is 3.93. The van der Waals surface area contributed by atoms with Gasteiger partial charge in [0.2, 0.25) is 5.89 Å². The number of ether oxygens (including phenoxy) is 1. The van der Waals surface area contributed by atoms with Gasteiger partial charge in [0, 0.05) is 5.02 Å². The Morgan fingerprint density at radius 3 is 2.71 bits per heavy atom. The molecule has 0 saturated heterocycles. The maximum Gasteiger partial charge on any atom is 0.232 e. The van der Waals surface area contributed by atoms with Crippen molar-refractivity contribution in [2.75, 3.05) is 0 Å². The minimum absolute atomic E-state index is 0.328. The van der Waals surface area contributed by atoms with E-state index in [1.54, 1.807) is 30.5 Å². The molecule has 1 aromatic heterocycles. The summed E-state index contributed by atoms with van der Waals surface area (Å²) in [6.07, 6.45) is 3.10. The number of aromatic nitrogens is 1. The summed E-state index contributed by atoms with van der Waals surface area (Å²) in [7, 11) is 0. The minimum Gasteiger partial charge on any atom is -0.484 e. The van der Waals surface area contributed by atoms with Crippen molar-refractivity contribution in [3.63, 3.8) is 0 Å². The molecule has 0 atom stereocenters. The van der Waals surface area contributed by atoms with Crippen LogP contribution >= 0.6 is 11.6 Å². The largest absolute Gasteiger partial charge is 0.484 e. The van der Waals surface area contributed by atoms with Crippen molar-refractivity contribution in [1.82, 2.24) is 4.98 Å². The van der Waals surface area contributed by atoms with Crippen molar-refractivity contribution in [3.8, 4) is 5.75 Å². The molecule has 0 amide bonds. The van der Waals surface area contributed by atoms with E-state index in [0.717, 1.165) is 5.75 Å². The van der Waals surface area contributed by atoms with Gasteiger partial charge in [-0.25, -0.2) is 4.98 Å². The molecule has 1 aromatic carbocycles. The number of nitrogens with zero attached hydrogens (tertiary/aromatic N) is 1. The third-order valence-corrected chi connectivity index (χ3v) is 1.91. The lowest BCUT2D eigenvalue weighted by atomic mass is 10.3. The van der Waals surface area contributed by atoms with Gasteiger partial charge in [0.05, 0.1) is 6.20 Å². The van der Waals surface area contributed by atoms with Gasteiger partial charge in [0.25, 0.3) is 0 Å². The smallest absolute Gasteiger partial charge is 0.232 e. The van der Waals surface area contributed by atoms with Gasteiger partial charge in [-0.05, 0) is 24.3 Å². The fourth-order valence-corrected chi connectivity index (χ4v) is 1.13. The van der Waals surface area contributed by atoms with Crippen LogP contribution in [0.25, 0.3) is 0 Å². The highest BCUT2D eigenvalue weighted by molar-refractivity contribution is 6.30. The van der Waals surface area contributed by atoms with Gasteiger partial charge < -0.3 is 9.15 Å². The molecule has 0 aliphatic carbocycles. The van der Waals surface area contributed by atoms with Crippen LogP contribution in [0.5, 0.6) is 5.75 Å². The molecule has 14 heavy (non-hydrogen) atoms. The lowest BCUT2D eigenvalue weighted by Gasteiger charge is -2.02. The molecule has 2 aromatic rings. The fraction of sp³-hybridized carbons (Fsp3) is 0.100. The molecule has 3 nitrogen and oxygen atoms in total. The molecule has 1 heterocycles. The second-order valence-corrected chi connectivity index (χ2v) is 3.10. The van der Waals surface area contributed by atoms with E-state index in [2.05, 4.69) is 4.98 Å². The predicted octanol–water partition coefficient (Wildman–Crippen LogP) is 2.91. The number of hydrogen-bond acceptors (Lipinski definition) is 3. The van der Waals surface area contributed by atoms with Crippen molar-refractivity contribution >= 4 is 11.6 Å². The van der Waals surface area contributed by atoms with Gasteiger partial charge in [-0.3, -0.25) is 0 Å². The molecule has 0 saturated carbocycles. The molecule has 0 aliphatic rings. The zero-order valence-corrected chi connectivity index (χ0v) is 8.07. The van der Waals surface area contributed by atoms with Gasteiger partial charge >= 0.3 is 0 Å². The molecule has 0 N–H and O–H groups in total. The van der Waals surface area contributed by atoms with Gasteiger partial charge in [0.1, 0.15) is 12.0 Å². The molecular formula is C10H8ClNO2. The van der Waals surface area contributed by atoms with Crippen molar-refractivity contribution in [2.45, 2.75) is 6.61 Å². The third-order valence-electron chi connectivity index (χ3n) is 1.66. The first kappa shape index (κ1) is 9.09. The van der Waals surface area contributed by atoms with Crippen LogP contribution in [0.3, 0.4) is 0 Å². The van der Waals surface area contributed by atoms with Crippen molar-refractivity contribution in [2.24, 2.45) is 0 Å². The number of halogens is 1. The number of oxazole rings is 1. The van der Waals surface area contributed by atoms with Crippen LogP contribution < -0.4 is 4.74 Å². The van der Waals surface area contributed by atoms with Crippen LogP contribution in [-0.4, -0.2) is 4.98 Å². The summed E-state index contributed by atoms with van der Waals surface area (Å²) in [6, 6.07) is 7.13. The summed E-state index contributed by atoms with van der Waals surface area (Å²) in [5.74, 6) is 1.30. The molecule has 4 heteroatoms. The van der Waals surface area contributed by atoms with Crippen LogP contribution in [0.4, 0.5) is 0 Å². The Balaban J connectivity index is 1.95. The van der Waals surface area contributed by atoms with Gasteiger partial charge in [-0.2, -0.15) is 0 Å². The SMILES string of the molecule is Clc1ccc(OCc2ncco2)cc1. The lowest BCUT2D eigenvalue weighted by Crippen LogP contribution is -1.94. The summed E-state index contributed by atoms with van der Waals surface area (Å²) in [5, 5.41) is 0.688. The van der Waals surface area contributed by atoms with Crippen LogP contribution in [0.2, 0.25) is 5.02 Å². The van der Waals surface area contributed by atoms with Crippen molar-refractivity contribution in [3.05, 3.63) is 47.6 Å². The Kier molecular flexibility index (Phi) is 2.70. The molecule has 72 valence electrons. The first-order chi connectivity index (χ1) is 6.84. The summed E-state index contributed by atoms with van der Waals surface area (Å²) in [5.41, 5.74) is 0. The van der Waals surface area contributed by atoms with E-state index in [4.69, 9.17) is 20.8 Å². The van der Waals surface area contributed by atoms with Gasteiger partial charge in [-0.1, -0.05) is 11.6 Å². The van der Waals surface area contributed by atoms with E-state index in [1.165, 1.54) is 6.26 Å². The fourth-order valence-electron chi connectivity index (χ4n) is 1.00. The number of hydrogen-bond donors (Lipinski definition) is 0. The average Bonchev–Trinajstić information content (AvgIpc) is 2.70. The number of benzene rings is 1. The highest BCUT2D eigenvalue weighted by atomic mass is 35.5. The Morgan fingerprint density at radius 2 is 2.07 bits per heavy atom. The standard InChI is InChI=1S/C10H8ClNO2/c11-8-1-3-9(4-2-8)14-7-10-12-5-6-13-10/h1-6H,7H2. The van der Waals surface area contributed by atoms with E-state index >= 15 is 0 Å². The summed E-state index contributed by atoms with van der Waals surface area (Å²) in [6.45, 7) is 0.328.